The Bertz CT molecular complexity index is 1100. The molecule has 0 radical (unpaired) electrons. The van der Waals surface area contributed by atoms with Crippen molar-refractivity contribution in [1.82, 2.24) is 14.4 Å². The molecule has 0 saturated carbocycles. The number of benzene rings is 1. The first-order valence-electron chi connectivity index (χ1n) is 11.6. The highest BCUT2D eigenvalue weighted by molar-refractivity contribution is 5.94. The Kier molecular flexibility index (Phi) is 8.76. The molecule has 188 valence electrons. The maximum Gasteiger partial charge on any atom is 0.290 e. The normalized spacial score (nSPS) is 11.3. The SMILES string of the molecule is COCCN(CC(=O)N(Cc1cccn1Cc1cccc(OC)c1)C(C)(C)C)C(=O)c1ccco1. The van der Waals surface area contributed by atoms with Gasteiger partial charge in [-0.2, -0.15) is 0 Å². The van der Waals surface area contributed by atoms with Crippen LogP contribution in [0.15, 0.2) is 65.4 Å². The monoisotopic (exact) mass is 481 g/mol. The second-order valence-electron chi connectivity index (χ2n) is 9.33. The van der Waals surface area contributed by atoms with E-state index in [2.05, 4.69) is 4.57 Å². The molecule has 1 aromatic carbocycles. The molecule has 8 nitrogen and oxygen atoms in total. The van der Waals surface area contributed by atoms with Gasteiger partial charge in [0.15, 0.2) is 5.76 Å². The maximum atomic E-state index is 13.6. The largest absolute Gasteiger partial charge is 0.497 e. The molecule has 0 aliphatic carbocycles. The predicted molar refractivity (Wildman–Crippen MR) is 133 cm³/mol. The summed E-state index contributed by atoms with van der Waals surface area (Å²) >= 11 is 0. The van der Waals surface area contributed by atoms with Crippen molar-refractivity contribution in [3.8, 4) is 5.75 Å². The molecule has 0 fully saturated rings. The minimum atomic E-state index is -0.456. The van der Waals surface area contributed by atoms with Crippen molar-refractivity contribution in [3.63, 3.8) is 0 Å². The van der Waals surface area contributed by atoms with Crippen LogP contribution in [-0.4, -0.2) is 65.6 Å². The molecule has 2 heterocycles. The lowest BCUT2D eigenvalue weighted by Gasteiger charge is -2.37. The lowest BCUT2D eigenvalue weighted by molar-refractivity contribution is -0.137. The van der Waals surface area contributed by atoms with Crippen molar-refractivity contribution in [2.24, 2.45) is 0 Å². The van der Waals surface area contributed by atoms with Crippen molar-refractivity contribution in [1.29, 1.82) is 0 Å². The van der Waals surface area contributed by atoms with Crippen LogP contribution in [0.3, 0.4) is 0 Å². The van der Waals surface area contributed by atoms with Crippen LogP contribution in [0.5, 0.6) is 5.75 Å². The highest BCUT2D eigenvalue weighted by Gasteiger charge is 2.30. The zero-order valence-electron chi connectivity index (χ0n) is 21.2. The lowest BCUT2D eigenvalue weighted by Crippen LogP contribution is -2.50. The first-order chi connectivity index (χ1) is 16.7. The second kappa shape index (κ2) is 11.8. The number of furan rings is 1. The van der Waals surface area contributed by atoms with Crippen LogP contribution >= 0.6 is 0 Å². The number of aromatic nitrogens is 1. The van der Waals surface area contributed by atoms with Gasteiger partial charge >= 0.3 is 0 Å². The standard InChI is InChI=1S/C27H35N3O5/c1-27(2,3)30(25(31)20-29(14-16-33-4)26(32)24-12-8-15-35-24)19-22-10-7-13-28(22)18-21-9-6-11-23(17-21)34-5/h6-13,15,17H,14,16,18-20H2,1-5H3. The van der Waals surface area contributed by atoms with Gasteiger partial charge in [0.05, 0.1) is 26.5 Å². The Morgan fingerprint density at radius 3 is 2.51 bits per heavy atom. The van der Waals surface area contributed by atoms with Crippen molar-refractivity contribution in [3.05, 3.63) is 78.0 Å². The van der Waals surface area contributed by atoms with Crippen LogP contribution in [0, 0.1) is 0 Å². The maximum absolute atomic E-state index is 13.6. The quantitative estimate of drug-likeness (QED) is 0.413. The molecule has 3 aromatic rings. The van der Waals surface area contributed by atoms with E-state index in [0.717, 1.165) is 17.0 Å². The number of rotatable bonds is 11. The number of ether oxygens (including phenoxy) is 2. The molecule has 2 aromatic heterocycles. The van der Waals surface area contributed by atoms with E-state index in [9.17, 15) is 9.59 Å². The average Bonchev–Trinajstić information content (AvgIpc) is 3.51. The summed E-state index contributed by atoms with van der Waals surface area (Å²) in [5.74, 6) is 0.516. The number of nitrogens with zero attached hydrogens (tertiary/aromatic N) is 3. The van der Waals surface area contributed by atoms with E-state index < -0.39 is 5.54 Å². The minimum absolute atomic E-state index is 0.0727. The van der Waals surface area contributed by atoms with E-state index >= 15 is 0 Å². The summed E-state index contributed by atoms with van der Waals surface area (Å²) in [7, 11) is 3.22. The Hall–Kier alpha value is -3.52. The second-order valence-corrected chi connectivity index (χ2v) is 9.33. The van der Waals surface area contributed by atoms with Gasteiger partial charge in [0, 0.05) is 37.6 Å². The van der Waals surface area contributed by atoms with Gasteiger partial charge < -0.3 is 28.3 Å². The number of methoxy groups -OCH3 is 2. The molecular formula is C27H35N3O5. The highest BCUT2D eigenvalue weighted by Crippen LogP contribution is 2.21. The van der Waals surface area contributed by atoms with Crippen LogP contribution in [-0.2, 0) is 22.6 Å². The molecular weight excluding hydrogens is 446 g/mol. The van der Waals surface area contributed by atoms with E-state index in [1.807, 2.05) is 63.4 Å². The van der Waals surface area contributed by atoms with Crippen LogP contribution < -0.4 is 4.74 Å². The minimum Gasteiger partial charge on any atom is -0.497 e. The van der Waals surface area contributed by atoms with E-state index in [0.29, 0.717) is 19.7 Å². The summed E-state index contributed by atoms with van der Waals surface area (Å²) in [6.07, 6.45) is 3.45. The third kappa shape index (κ3) is 6.99. The van der Waals surface area contributed by atoms with Gasteiger partial charge in [-0.3, -0.25) is 9.59 Å². The van der Waals surface area contributed by atoms with E-state index in [1.165, 1.54) is 11.2 Å². The van der Waals surface area contributed by atoms with Gasteiger partial charge in [-0.25, -0.2) is 0 Å². The van der Waals surface area contributed by atoms with E-state index in [-0.39, 0.29) is 30.7 Å². The molecule has 0 aliphatic heterocycles. The summed E-state index contributed by atoms with van der Waals surface area (Å²) in [6, 6.07) is 15.2. The van der Waals surface area contributed by atoms with Gasteiger partial charge in [-0.05, 0) is 62.7 Å². The van der Waals surface area contributed by atoms with Crippen molar-refractivity contribution < 1.29 is 23.5 Å². The number of carbonyl (C=O) groups excluding carboxylic acids is 2. The molecule has 35 heavy (non-hydrogen) atoms. The highest BCUT2D eigenvalue weighted by atomic mass is 16.5. The van der Waals surface area contributed by atoms with E-state index in [1.54, 1.807) is 31.3 Å². The summed E-state index contributed by atoms with van der Waals surface area (Å²) in [6.45, 7) is 7.58. The van der Waals surface area contributed by atoms with Gasteiger partial charge in [0.25, 0.3) is 5.91 Å². The Balaban J connectivity index is 1.78. The zero-order valence-corrected chi connectivity index (χ0v) is 21.2. The Morgan fingerprint density at radius 1 is 1.06 bits per heavy atom. The van der Waals surface area contributed by atoms with Gasteiger partial charge in [-0.15, -0.1) is 0 Å². The van der Waals surface area contributed by atoms with Crippen LogP contribution in [0.2, 0.25) is 0 Å². The first kappa shape index (κ1) is 26.1. The molecule has 8 heteroatoms. The smallest absolute Gasteiger partial charge is 0.290 e. The molecule has 2 amide bonds. The van der Waals surface area contributed by atoms with Crippen molar-refractivity contribution in [2.45, 2.75) is 39.4 Å². The van der Waals surface area contributed by atoms with Gasteiger partial charge in [0.1, 0.15) is 12.3 Å². The predicted octanol–water partition coefficient (Wildman–Crippen LogP) is 4.05. The first-order valence-corrected chi connectivity index (χ1v) is 11.6. The van der Waals surface area contributed by atoms with Crippen molar-refractivity contribution >= 4 is 11.8 Å². The summed E-state index contributed by atoms with van der Waals surface area (Å²) in [4.78, 5) is 29.8. The number of hydrogen-bond donors (Lipinski definition) is 0. The third-order valence-corrected chi connectivity index (χ3v) is 5.75. The van der Waals surface area contributed by atoms with Gasteiger partial charge in [0.2, 0.25) is 5.91 Å². The molecule has 3 rings (SSSR count). The summed E-state index contributed by atoms with van der Waals surface area (Å²) in [5.41, 5.74) is 1.64. The Morgan fingerprint density at radius 2 is 1.86 bits per heavy atom. The number of amides is 2. The molecule has 0 spiro atoms. The molecule has 0 N–H and O–H groups in total. The molecule has 0 saturated heterocycles. The Labute approximate surface area is 207 Å². The van der Waals surface area contributed by atoms with E-state index in [4.69, 9.17) is 13.9 Å². The van der Waals surface area contributed by atoms with Crippen LogP contribution in [0.1, 0.15) is 42.6 Å². The zero-order chi connectivity index (χ0) is 25.4. The summed E-state index contributed by atoms with van der Waals surface area (Å²) < 4.78 is 17.9. The van der Waals surface area contributed by atoms with Crippen LogP contribution in [0.25, 0.3) is 0 Å². The third-order valence-electron chi connectivity index (χ3n) is 5.75. The number of carbonyl (C=O) groups is 2. The fraction of sp³-hybridized carbons (Fsp3) is 0.407. The molecule has 0 aliphatic rings. The van der Waals surface area contributed by atoms with Gasteiger partial charge in [-0.1, -0.05) is 12.1 Å². The van der Waals surface area contributed by atoms with Crippen LogP contribution in [0.4, 0.5) is 0 Å². The molecule has 0 atom stereocenters. The fourth-order valence-corrected chi connectivity index (χ4v) is 3.83. The summed E-state index contributed by atoms with van der Waals surface area (Å²) in [5, 5.41) is 0. The topological polar surface area (TPSA) is 77.1 Å². The fourth-order valence-electron chi connectivity index (χ4n) is 3.83. The number of hydrogen-bond acceptors (Lipinski definition) is 5. The van der Waals surface area contributed by atoms with Crippen molar-refractivity contribution in [2.75, 3.05) is 33.9 Å². The lowest BCUT2D eigenvalue weighted by atomic mass is 10.1. The molecule has 0 unspecified atom stereocenters. The average molecular weight is 482 g/mol. The molecule has 0 bridgehead atoms.